The van der Waals surface area contributed by atoms with Crippen LogP contribution in [-0.2, 0) is 4.79 Å². The molecule has 2 aromatic heterocycles. The van der Waals surface area contributed by atoms with Crippen LogP contribution >= 0.6 is 34.7 Å². The highest BCUT2D eigenvalue weighted by Gasteiger charge is 2.26. The summed E-state index contributed by atoms with van der Waals surface area (Å²) in [5.74, 6) is 1.38. The van der Waals surface area contributed by atoms with Crippen LogP contribution in [0, 0.1) is 11.8 Å². The third-order valence-corrected chi connectivity index (χ3v) is 7.15. The smallest absolute Gasteiger partial charge is 0.276 e. The minimum absolute atomic E-state index is 0.0933. The van der Waals surface area contributed by atoms with E-state index >= 15 is 0 Å². The van der Waals surface area contributed by atoms with Gasteiger partial charge in [0.15, 0.2) is 5.16 Å². The number of likely N-dealkylation sites (tertiary alicyclic amines) is 1. The van der Waals surface area contributed by atoms with E-state index in [0.717, 1.165) is 19.5 Å². The summed E-state index contributed by atoms with van der Waals surface area (Å²) in [4.78, 5) is 32.6. The summed E-state index contributed by atoms with van der Waals surface area (Å²) in [5.41, 5.74) is 1.24. The Balaban J connectivity index is 1.64. The van der Waals surface area contributed by atoms with Gasteiger partial charge in [-0.05, 0) is 54.0 Å². The van der Waals surface area contributed by atoms with Gasteiger partial charge in [0, 0.05) is 18.1 Å². The van der Waals surface area contributed by atoms with Crippen LogP contribution in [0.25, 0.3) is 15.9 Å². The molecule has 0 aliphatic carbocycles. The first-order chi connectivity index (χ1) is 13.9. The summed E-state index contributed by atoms with van der Waals surface area (Å²) in [7, 11) is 0. The summed E-state index contributed by atoms with van der Waals surface area (Å²) in [6, 6.07) is 8.93. The number of piperidine rings is 1. The van der Waals surface area contributed by atoms with Gasteiger partial charge < -0.3 is 4.90 Å². The lowest BCUT2D eigenvalue weighted by Gasteiger charge is -2.35. The molecule has 152 valence electrons. The van der Waals surface area contributed by atoms with Gasteiger partial charge in [0.25, 0.3) is 5.56 Å². The fraction of sp³-hybridized carbons (Fsp3) is 0.381. The molecule has 1 aliphatic heterocycles. The number of thioether (sulfide) groups is 1. The Morgan fingerprint density at radius 1 is 1.21 bits per heavy atom. The number of amides is 1. The number of hydrogen-bond acceptors (Lipinski definition) is 5. The molecule has 29 heavy (non-hydrogen) atoms. The fourth-order valence-electron chi connectivity index (χ4n) is 3.89. The average Bonchev–Trinajstić information content (AvgIpc) is 3.15. The van der Waals surface area contributed by atoms with Crippen LogP contribution in [0.1, 0.15) is 20.3 Å². The van der Waals surface area contributed by atoms with E-state index in [0.29, 0.717) is 37.9 Å². The molecule has 3 heterocycles. The zero-order chi connectivity index (χ0) is 20.5. The van der Waals surface area contributed by atoms with E-state index in [1.54, 1.807) is 28.8 Å². The maximum atomic E-state index is 13.1. The molecule has 8 heteroatoms. The average molecular weight is 448 g/mol. The third kappa shape index (κ3) is 4.37. The number of carbonyl (C=O) groups is 1. The van der Waals surface area contributed by atoms with E-state index in [9.17, 15) is 9.59 Å². The van der Waals surface area contributed by atoms with Crippen LogP contribution in [0.4, 0.5) is 0 Å². The Morgan fingerprint density at radius 3 is 2.59 bits per heavy atom. The summed E-state index contributed by atoms with van der Waals surface area (Å²) >= 11 is 8.70. The first-order valence-electron chi connectivity index (χ1n) is 9.59. The van der Waals surface area contributed by atoms with Crippen molar-refractivity contribution in [3.05, 3.63) is 51.1 Å². The van der Waals surface area contributed by atoms with Crippen molar-refractivity contribution in [1.82, 2.24) is 14.5 Å². The van der Waals surface area contributed by atoms with Crippen LogP contribution in [0.2, 0.25) is 5.02 Å². The normalized spacial score (nSPS) is 19.6. The second-order valence-electron chi connectivity index (χ2n) is 7.68. The second kappa shape index (κ2) is 8.50. The summed E-state index contributed by atoms with van der Waals surface area (Å²) < 4.78 is 2.18. The lowest BCUT2D eigenvalue weighted by Crippen LogP contribution is -2.43. The minimum atomic E-state index is -0.123. The SMILES string of the molecule is C[C@H]1C[C@H](C)CN(C(=O)CSc2nc3ccsc3c(=O)n2-c2ccc(Cl)cc2)C1. The molecule has 0 unspecified atom stereocenters. The number of rotatable bonds is 4. The third-order valence-electron chi connectivity index (χ3n) is 5.08. The van der Waals surface area contributed by atoms with Crippen LogP contribution in [0.3, 0.4) is 0 Å². The zero-order valence-electron chi connectivity index (χ0n) is 16.3. The molecule has 1 fully saturated rings. The van der Waals surface area contributed by atoms with Crippen molar-refractivity contribution in [2.45, 2.75) is 25.4 Å². The lowest BCUT2D eigenvalue weighted by molar-refractivity contribution is -0.130. The number of carbonyl (C=O) groups excluding carboxylic acids is 1. The van der Waals surface area contributed by atoms with Gasteiger partial charge in [0.05, 0.1) is 17.0 Å². The second-order valence-corrected chi connectivity index (χ2v) is 9.97. The molecular weight excluding hydrogens is 426 g/mol. The quantitative estimate of drug-likeness (QED) is 0.429. The van der Waals surface area contributed by atoms with Crippen molar-refractivity contribution >= 4 is 50.8 Å². The molecule has 1 saturated heterocycles. The van der Waals surface area contributed by atoms with Crippen LogP contribution in [0.15, 0.2) is 45.7 Å². The number of hydrogen-bond donors (Lipinski definition) is 0. The van der Waals surface area contributed by atoms with Gasteiger partial charge in [-0.15, -0.1) is 11.3 Å². The van der Waals surface area contributed by atoms with Crippen molar-refractivity contribution in [2.24, 2.45) is 11.8 Å². The van der Waals surface area contributed by atoms with Gasteiger partial charge in [-0.2, -0.15) is 0 Å². The van der Waals surface area contributed by atoms with Gasteiger partial charge in [-0.25, -0.2) is 4.98 Å². The molecular formula is C21H22ClN3O2S2. The van der Waals surface area contributed by atoms with Crippen molar-refractivity contribution < 1.29 is 4.79 Å². The highest BCUT2D eigenvalue weighted by atomic mass is 35.5. The number of aromatic nitrogens is 2. The molecule has 1 aliphatic rings. The minimum Gasteiger partial charge on any atom is -0.341 e. The predicted molar refractivity (Wildman–Crippen MR) is 120 cm³/mol. The Bertz CT molecular complexity index is 1080. The Kier molecular flexibility index (Phi) is 5.99. The molecule has 0 saturated carbocycles. The van der Waals surface area contributed by atoms with E-state index in [4.69, 9.17) is 11.6 Å². The van der Waals surface area contributed by atoms with Crippen molar-refractivity contribution in [3.63, 3.8) is 0 Å². The topological polar surface area (TPSA) is 55.2 Å². The molecule has 2 atom stereocenters. The molecule has 0 bridgehead atoms. The van der Waals surface area contributed by atoms with E-state index in [-0.39, 0.29) is 17.2 Å². The van der Waals surface area contributed by atoms with Gasteiger partial charge in [0.1, 0.15) is 4.70 Å². The summed E-state index contributed by atoms with van der Waals surface area (Å²) in [5, 5.41) is 2.99. The maximum absolute atomic E-state index is 13.1. The predicted octanol–water partition coefficient (Wildman–Crippen LogP) is 4.70. The van der Waals surface area contributed by atoms with Gasteiger partial charge in [0.2, 0.25) is 5.91 Å². The van der Waals surface area contributed by atoms with Crippen molar-refractivity contribution in [1.29, 1.82) is 0 Å². The number of nitrogens with zero attached hydrogens (tertiary/aromatic N) is 3. The molecule has 1 amide bonds. The monoisotopic (exact) mass is 447 g/mol. The Labute approximate surface area is 182 Å². The van der Waals surface area contributed by atoms with Crippen molar-refractivity contribution in [3.8, 4) is 5.69 Å². The van der Waals surface area contributed by atoms with E-state index in [2.05, 4.69) is 18.8 Å². The molecule has 4 rings (SSSR count). The highest BCUT2D eigenvalue weighted by molar-refractivity contribution is 7.99. The first kappa shape index (κ1) is 20.4. The van der Waals surface area contributed by atoms with Gasteiger partial charge in [-0.3, -0.25) is 14.2 Å². The number of thiophene rings is 1. The first-order valence-corrected chi connectivity index (χ1v) is 11.8. The number of fused-ring (bicyclic) bond motifs is 1. The van der Waals surface area contributed by atoms with Gasteiger partial charge in [-0.1, -0.05) is 37.2 Å². The fourth-order valence-corrected chi connectivity index (χ4v) is 5.69. The molecule has 0 N–H and O–H groups in total. The highest BCUT2D eigenvalue weighted by Crippen LogP contribution is 2.26. The number of benzene rings is 1. The van der Waals surface area contributed by atoms with E-state index < -0.39 is 0 Å². The Hall–Kier alpha value is -1.83. The maximum Gasteiger partial charge on any atom is 0.276 e. The molecule has 1 aromatic carbocycles. The molecule has 0 radical (unpaired) electrons. The largest absolute Gasteiger partial charge is 0.341 e. The molecule has 5 nitrogen and oxygen atoms in total. The van der Waals surface area contributed by atoms with Crippen LogP contribution in [-0.4, -0.2) is 39.2 Å². The molecule has 3 aromatic rings. The molecule has 0 spiro atoms. The Morgan fingerprint density at radius 2 is 1.90 bits per heavy atom. The van der Waals surface area contributed by atoms with Gasteiger partial charge >= 0.3 is 0 Å². The van der Waals surface area contributed by atoms with Crippen LogP contribution < -0.4 is 5.56 Å². The number of halogens is 1. The standard InChI is InChI=1S/C21H22ClN3O2S2/c1-13-9-14(2)11-24(10-13)18(26)12-29-21-23-17-7-8-28-19(17)20(27)25(21)16-5-3-15(22)4-6-16/h3-8,13-14H,9-12H2,1-2H3/t13-,14-/m0/s1. The zero-order valence-corrected chi connectivity index (χ0v) is 18.7. The van der Waals surface area contributed by atoms with E-state index in [1.807, 2.05) is 16.3 Å². The summed E-state index contributed by atoms with van der Waals surface area (Å²) in [6.07, 6.45) is 1.16. The lowest BCUT2D eigenvalue weighted by atomic mass is 9.92. The van der Waals surface area contributed by atoms with Crippen LogP contribution in [0.5, 0.6) is 0 Å². The van der Waals surface area contributed by atoms with E-state index in [1.165, 1.54) is 23.1 Å². The van der Waals surface area contributed by atoms with Crippen molar-refractivity contribution in [2.75, 3.05) is 18.8 Å². The summed E-state index contributed by atoms with van der Waals surface area (Å²) in [6.45, 7) is 5.97.